The molecule has 2 N–H and O–H groups in total. The molecule has 0 aromatic carbocycles. The molecule has 0 bridgehead atoms. The molecule has 0 aromatic heterocycles. The smallest absolute Gasteiger partial charge is 0.303 e. The Balaban J connectivity index is 2.21. The van der Waals surface area contributed by atoms with Gasteiger partial charge in [-0.05, 0) is 0 Å². The van der Waals surface area contributed by atoms with Gasteiger partial charge >= 0.3 is 5.97 Å². The van der Waals surface area contributed by atoms with E-state index in [1.54, 1.807) is 0 Å². The minimum atomic E-state index is -0.962. The number of hydrogen-bond acceptors (Lipinski definition) is 4. The van der Waals surface area contributed by atoms with E-state index in [1.807, 2.05) is 0 Å². The first kappa shape index (κ1) is 10.0. The van der Waals surface area contributed by atoms with Crippen molar-refractivity contribution in [1.29, 1.82) is 0 Å². The standard InChI is InChI=1S/C7H10N2O3S/c10-5(1-2-6(11)12)9-7-8-3-4-13-7/h1-4H2,(H,11,12)(H,8,9,10). The predicted molar refractivity (Wildman–Crippen MR) is 49.8 cm³/mol. The molecule has 0 radical (unpaired) electrons. The van der Waals surface area contributed by atoms with Crippen LogP contribution in [0.1, 0.15) is 12.8 Å². The maximum Gasteiger partial charge on any atom is 0.303 e. The highest BCUT2D eigenvalue weighted by Gasteiger charge is 2.11. The van der Waals surface area contributed by atoms with Gasteiger partial charge in [0.05, 0.1) is 13.0 Å². The molecule has 0 atom stereocenters. The molecule has 13 heavy (non-hydrogen) atoms. The minimum absolute atomic E-state index is 0.00884. The van der Waals surface area contributed by atoms with Crippen LogP contribution in [-0.4, -0.2) is 34.4 Å². The number of hydrogen-bond donors (Lipinski definition) is 2. The van der Waals surface area contributed by atoms with E-state index in [2.05, 4.69) is 10.3 Å². The van der Waals surface area contributed by atoms with Crippen LogP contribution in [0.5, 0.6) is 0 Å². The van der Waals surface area contributed by atoms with E-state index in [0.29, 0.717) is 5.17 Å². The highest BCUT2D eigenvalue weighted by Crippen LogP contribution is 2.08. The highest BCUT2D eigenvalue weighted by molar-refractivity contribution is 8.14. The van der Waals surface area contributed by atoms with Gasteiger partial charge in [0, 0.05) is 12.2 Å². The second-order valence-electron chi connectivity index (χ2n) is 2.48. The maximum atomic E-state index is 11.0. The summed E-state index contributed by atoms with van der Waals surface area (Å²) in [7, 11) is 0. The number of carboxylic acids is 1. The van der Waals surface area contributed by atoms with Crippen LogP contribution in [0.25, 0.3) is 0 Å². The summed E-state index contributed by atoms with van der Waals surface area (Å²) in [6, 6.07) is 0. The Bertz CT molecular complexity index is 252. The third-order valence-corrected chi connectivity index (χ3v) is 2.29. The Morgan fingerprint density at radius 3 is 2.85 bits per heavy atom. The number of carboxylic acid groups (broad SMARTS) is 1. The number of carbonyl (C=O) groups excluding carboxylic acids is 1. The lowest BCUT2D eigenvalue weighted by Gasteiger charge is -2.01. The molecule has 0 spiro atoms. The molecule has 0 aromatic rings. The molecular formula is C7H10N2O3S. The van der Waals surface area contributed by atoms with Crippen molar-refractivity contribution in [2.75, 3.05) is 12.3 Å². The van der Waals surface area contributed by atoms with Crippen molar-refractivity contribution in [2.45, 2.75) is 12.8 Å². The van der Waals surface area contributed by atoms with Crippen LogP contribution < -0.4 is 5.32 Å². The van der Waals surface area contributed by atoms with E-state index in [1.165, 1.54) is 11.8 Å². The number of rotatable bonds is 3. The van der Waals surface area contributed by atoms with E-state index in [0.717, 1.165) is 12.3 Å². The molecule has 72 valence electrons. The largest absolute Gasteiger partial charge is 0.481 e. The maximum absolute atomic E-state index is 11.0. The summed E-state index contributed by atoms with van der Waals surface area (Å²) in [6.07, 6.45) is -0.126. The van der Waals surface area contributed by atoms with Crippen LogP contribution in [0.2, 0.25) is 0 Å². The lowest BCUT2D eigenvalue weighted by molar-refractivity contribution is -0.138. The van der Waals surface area contributed by atoms with Gasteiger partial charge in [0.15, 0.2) is 5.17 Å². The Morgan fingerprint density at radius 1 is 1.54 bits per heavy atom. The Hall–Kier alpha value is -1.04. The third kappa shape index (κ3) is 3.93. The molecule has 0 fully saturated rings. The predicted octanol–water partition coefficient (Wildman–Crippen LogP) is 0.0702. The fraction of sp³-hybridized carbons (Fsp3) is 0.571. The molecular weight excluding hydrogens is 192 g/mol. The molecule has 1 amide bonds. The zero-order chi connectivity index (χ0) is 9.68. The molecule has 1 heterocycles. The fourth-order valence-corrected chi connectivity index (χ4v) is 1.56. The third-order valence-electron chi connectivity index (χ3n) is 1.40. The molecule has 0 saturated carbocycles. The van der Waals surface area contributed by atoms with Gasteiger partial charge in [-0.2, -0.15) is 0 Å². The van der Waals surface area contributed by atoms with E-state index >= 15 is 0 Å². The molecule has 0 unspecified atom stereocenters. The number of thioether (sulfide) groups is 1. The van der Waals surface area contributed by atoms with Crippen molar-refractivity contribution in [2.24, 2.45) is 4.99 Å². The van der Waals surface area contributed by atoms with Gasteiger partial charge in [-0.25, -0.2) is 0 Å². The van der Waals surface area contributed by atoms with Crippen molar-refractivity contribution in [3.8, 4) is 0 Å². The van der Waals surface area contributed by atoms with Crippen molar-refractivity contribution in [3.63, 3.8) is 0 Å². The molecule has 0 saturated heterocycles. The van der Waals surface area contributed by atoms with E-state index in [4.69, 9.17) is 5.11 Å². The second-order valence-corrected chi connectivity index (χ2v) is 3.56. The number of aliphatic imine (C=N–C) groups is 1. The molecule has 1 rings (SSSR count). The SMILES string of the molecule is O=C(O)CCC(=O)NC1=NCCS1. The number of nitrogens with zero attached hydrogens (tertiary/aromatic N) is 1. The molecule has 6 heteroatoms. The van der Waals surface area contributed by atoms with Gasteiger partial charge < -0.3 is 10.4 Å². The van der Waals surface area contributed by atoms with Gasteiger partial charge in [-0.3, -0.25) is 14.6 Å². The summed E-state index contributed by atoms with van der Waals surface area (Å²) in [6.45, 7) is 0.721. The van der Waals surface area contributed by atoms with Gasteiger partial charge in [0.1, 0.15) is 0 Å². The molecule has 1 aliphatic heterocycles. The highest BCUT2D eigenvalue weighted by atomic mass is 32.2. The first-order valence-electron chi connectivity index (χ1n) is 3.87. The number of amidine groups is 1. The molecule has 5 nitrogen and oxygen atoms in total. The van der Waals surface area contributed by atoms with Crippen molar-refractivity contribution in [1.82, 2.24) is 5.32 Å². The Morgan fingerprint density at radius 2 is 2.31 bits per heavy atom. The number of aliphatic carboxylic acids is 1. The number of amides is 1. The Labute approximate surface area is 79.6 Å². The zero-order valence-corrected chi connectivity index (χ0v) is 7.76. The van der Waals surface area contributed by atoms with Crippen molar-refractivity contribution >= 4 is 28.8 Å². The van der Waals surface area contributed by atoms with Crippen LogP contribution in [0, 0.1) is 0 Å². The summed E-state index contributed by atoms with van der Waals surface area (Å²) in [5, 5.41) is 11.5. The summed E-state index contributed by atoms with van der Waals surface area (Å²) in [5.41, 5.74) is 0. The first-order valence-corrected chi connectivity index (χ1v) is 4.86. The van der Waals surface area contributed by atoms with E-state index < -0.39 is 5.97 Å². The number of carbonyl (C=O) groups is 2. The van der Waals surface area contributed by atoms with Gasteiger partial charge in [-0.15, -0.1) is 0 Å². The first-order chi connectivity index (χ1) is 6.18. The zero-order valence-electron chi connectivity index (χ0n) is 6.95. The molecule has 0 aliphatic carbocycles. The van der Waals surface area contributed by atoms with Crippen molar-refractivity contribution < 1.29 is 14.7 Å². The van der Waals surface area contributed by atoms with Gasteiger partial charge in [0.25, 0.3) is 0 Å². The topological polar surface area (TPSA) is 78.8 Å². The summed E-state index contributed by atoms with van der Waals surface area (Å²) in [5.74, 6) is -0.360. The average molecular weight is 202 g/mol. The normalized spacial score (nSPS) is 15.2. The van der Waals surface area contributed by atoms with Crippen LogP contribution >= 0.6 is 11.8 Å². The fourth-order valence-electron chi connectivity index (χ4n) is 0.813. The van der Waals surface area contributed by atoms with Crippen molar-refractivity contribution in [3.05, 3.63) is 0 Å². The van der Waals surface area contributed by atoms with Crippen LogP contribution in [0.3, 0.4) is 0 Å². The second kappa shape index (κ2) is 4.86. The van der Waals surface area contributed by atoms with Crippen LogP contribution in [-0.2, 0) is 9.59 Å². The van der Waals surface area contributed by atoms with Crippen LogP contribution in [0.15, 0.2) is 4.99 Å². The minimum Gasteiger partial charge on any atom is -0.481 e. The van der Waals surface area contributed by atoms with Gasteiger partial charge in [-0.1, -0.05) is 11.8 Å². The lowest BCUT2D eigenvalue weighted by Crippen LogP contribution is -2.27. The monoisotopic (exact) mass is 202 g/mol. The van der Waals surface area contributed by atoms with E-state index in [-0.39, 0.29) is 18.7 Å². The summed E-state index contributed by atoms with van der Waals surface area (Å²) in [4.78, 5) is 25.2. The lowest BCUT2D eigenvalue weighted by atomic mass is 10.3. The molecule has 1 aliphatic rings. The summed E-state index contributed by atoms with van der Waals surface area (Å²) < 4.78 is 0. The van der Waals surface area contributed by atoms with Gasteiger partial charge in [0.2, 0.25) is 5.91 Å². The van der Waals surface area contributed by atoms with E-state index in [9.17, 15) is 9.59 Å². The van der Waals surface area contributed by atoms with Crippen LogP contribution in [0.4, 0.5) is 0 Å². The Kier molecular flexibility index (Phi) is 3.75. The summed E-state index contributed by atoms with van der Waals surface area (Å²) >= 11 is 1.48. The quantitative estimate of drug-likeness (QED) is 0.678. The average Bonchev–Trinajstić information content (AvgIpc) is 2.53. The number of nitrogens with one attached hydrogen (secondary N) is 1.